The van der Waals surface area contributed by atoms with E-state index >= 15 is 0 Å². The summed E-state index contributed by atoms with van der Waals surface area (Å²) in [5, 5.41) is 2.27. The molecule has 0 saturated carbocycles. The van der Waals surface area contributed by atoms with E-state index in [1.165, 1.54) is 0 Å². The van der Waals surface area contributed by atoms with Gasteiger partial charge in [-0.3, -0.25) is 9.55 Å². The molecule has 0 N–H and O–H groups in total. The molecule has 160 valence electrons. The van der Waals surface area contributed by atoms with Crippen molar-refractivity contribution < 1.29 is 0 Å². The van der Waals surface area contributed by atoms with Gasteiger partial charge in [0, 0.05) is 46.8 Å². The Hall–Kier alpha value is -4.84. The van der Waals surface area contributed by atoms with Gasteiger partial charge in [0.2, 0.25) is 5.95 Å². The normalized spacial score (nSPS) is 11.5. The van der Waals surface area contributed by atoms with Crippen LogP contribution >= 0.6 is 0 Å². The average Bonchev–Trinajstić information content (AvgIpc) is 3.46. The summed E-state index contributed by atoms with van der Waals surface area (Å²) in [6, 6.07) is 29.0. The van der Waals surface area contributed by atoms with Crippen LogP contribution in [-0.4, -0.2) is 29.1 Å². The molecule has 7 rings (SSSR count). The van der Waals surface area contributed by atoms with E-state index < -0.39 is 0 Å². The van der Waals surface area contributed by atoms with E-state index in [1.807, 2.05) is 28.8 Å². The molecule has 6 heteroatoms. The lowest BCUT2D eigenvalue weighted by Gasteiger charge is -2.08. The predicted molar refractivity (Wildman–Crippen MR) is 134 cm³/mol. The molecule has 0 amide bonds. The molecule has 0 fully saturated rings. The van der Waals surface area contributed by atoms with Crippen LogP contribution < -0.4 is 0 Å². The molecule has 0 radical (unpaired) electrons. The van der Waals surface area contributed by atoms with Gasteiger partial charge in [-0.05, 0) is 48.5 Å². The molecule has 0 aliphatic carbocycles. The van der Waals surface area contributed by atoms with E-state index in [2.05, 4.69) is 80.2 Å². The molecule has 6 nitrogen and oxygen atoms in total. The monoisotopic (exact) mass is 438 g/mol. The summed E-state index contributed by atoms with van der Waals surface area (Å²) in [6.45, 7) is 0. The molecule has 0 aliphatic heterocycles. The van der Waals surface area contributed by atoms with E-state index in [0.29, 0.717) is 5.95 Å². The van der Waals surface area contributed by atoms with Crippen LogP contribution in [0.1, 0.15) is 0 Å². The molecular formula is C28H18N6. The fraction of sp³-hybridized carbons (Fsp3) is 0. The molecule has 0 aliphatic rings. The van der Waals surface area contributed by atoms with Crippen molar-refractivity contribution in [3.63, 3.8) is 0 Å². The van der Waals surface area contributed by atoms with Gasteiger partial charge >= 0.3 is 0 Å². The second-order valence-electron chi connectivity index (χ2n) is 8.07. The van der Waals surface area contributed by atoms with E-state index in [0.717, 1.165) is 49.9 Å². The zero-order valence-corrected chi connectivity index (χ0v) is 18.1. The highest BCUT2D eigenvalue weighted by molar-refractivity contribution is 6.20. The fourth-order valence-corrected chi connectivity index (χ4v) is 4.75. The van der Waals surface area contributed by atoms with E-state index in [-0.39, 0.29) is 0 Å². The minimum atomic E-state index is 0.586. The Bertz CT molecular complexity index is 1790. The third kappa shape index (κ3) is 2.69. The largest absolute Gasteiger partial charge is 0.309 e. The highest BCUT2D eigenvalue weighted by Gasteiger charge is 2.21. The van der Waals surface area contributed by atoms with Crippen LogP contribution in [0.15, 0.2) is 110 Å². The minimum absolute atomic E-state index is 0.586. The van der Waals surface area contributed by atoms with Gasteiger partial charge in [0.15, 0.2) is 0 Å². The first-order valence-corrected chi connectivity index (χ1v) is 11.1. The highest BCUT2D eigenvalue weighted by Crippen LogP contribution is 2.38. The van der Waals surface area contributed by atoms with Crippen molar-refractivity contribution >= 4 is 32.8 Å². The molecule has 4 aromatic heterocycles. The van der Waals surface area contributed by atoms with E-state index in [4.69, 9.17) is 4.98 Å². The second kappa shape index (κ2) is 7.35. The summed E-state index contributed by atoms with van der Waals surface area (Å²) in [5.74, 6) is 1.37. The molecule has 4 heterocycles. The van der Waals surface area contributed by atoms with Crippen molar-refractivity contribution in [3.05, 3.63) is 110 Å². The molecule has 0 spiro atoms. The van der Waals surface area contributed by atoms with Gasteiger partial charge in [-0.1, -0.05) is 36.4 Å². The van der Waals surface area contributed by atoms with Crippen LogP contribution in [0.25, 0.3) is 55.9 Å². The van der Waals surface area contributed by atoms with Crippen molar-refractivity contribution in [1.82, 2.24) is 29.1 Å². The molecule has 7 aromatic rings. The van der Waals surface area contributed by atoms with Crippen LogP contribution in [-0.2, 0) is 0 Å². The fourth-order valence-electron chi connectivity index (χ4n) is 4.75. The Labute approximate surface area is 194 Å². The van der Waals surface area contributed by atoms with Crippen LogP contribution in [0.4, 0.5) is 0 Å². The van der Waals surface area contributed by atoms with Gasteiger partial charge in [0.25, 0.3) is 0 Å². The average molecular weight is 438 g/mol. The van der Waals surface area contributed by atoms with E-state index in [1.54, 1.807) is 24.8 Å². The van der Waals surface area contributed by atoms with Crippen LogP contribution in [0.2, 0.25) is 0 Å². The third-order valence-electron chi connectivity index (χ3n) is 6.17. The van der Waals surface area contributed by atoms with Gasteiger partial charge in [0.1, 0.15) is 5.82 Å². The van der Waals surface area contributed by atoms with Gasteiger partial charge < -0.3 is 4.57 Å². The van der Waals surface area contributed by atoms with Gasteiger partial charge in [0.05, 0.1) is 22.1 Å². The quantitative estimate of drug-likeness (QED) is 0.341. The van der Waals surface area contributed by atoms with Crippen molar-refractivity contribution in [2.45, 2.75) is 0 Å². The Morgan fingerprint density at radius 1 is 0.559 bits per heavy atom. The summed E-state index contributed by atoms with van der Waals surface area (Å²) in [7, 11) is 0. The lowest BCUT2D eigenvalue weighted by molar-refractivity contribution is 0.955. The molecule has 0 saturated heterocycles. The molecule has 0 bridgehead atoms. The molecule has 3 aromatic carbocycles. The SMILES string of the molecule is c1ccc(-n2c3ccccc3c3c4nc(-c5ccncc5)n(-c5ncccn5)c4ccc32)cc1. The minimum Gasteiger partial charge on any atom is -0.309 e. The summed E-state index contributed by atoms with van der Waals surface area (Å²) in [4.78, 5) is 18.5. The maximum absolute atomic E-state index is 5.19. The Morgan fingerprint density at radius 2 is 1.29 bits per heavy atom. The number of imidazole rings is 1. The van der Waals surface area contributed by atoms with Gasteiger partial charge in [-0.25, -0.2) is 15.0 Å². The highest BCUT2D eigenvalue weighted by atomic mass is 15.2. The Morgan fingerprint density at radius 3 is 2.12 bits per heavy atom. The first kappa shape index (κ1) is 18.7. The Kier molecular flexibility index (Phi) is 4.04. The van der Waals surface area contributed by atoms with Crippen LogP contribution in [0.5, 0.6) is 0 Å². The number of rotatable bonds is 3. The topological polar surface area (TPSA) is 61.4 Å². The standard InChI is InChI=1S/C28H18N6/c1-2-7-20(8-3-1)33-22-10-5-4-9-21(22)25-23(33)11-12-24-26(25)32-27(19-13-17-29-18-14-19)34(24)28-30-15-6-16-31-28/h1-18H. The smallest absolute Gasteiger partial charge is 0.235 e. The molecular weight excluding hydrogens is 420 g/mol. The predicted octanol–water partition coefficient (Wildman–Crippen LogP) is 5.97. The van der Waals surface area contributed by atoms with Crippen LogP contribution in [0, 0.1) is 0 Å². The summed E-state index contributed by atoms with van der Waals surface area (Å²) in [5.41, 5.74) is 6.21. The molecule has 0 atom stereocenters. The first-order chi connectivity index (χ1) is 16.9. The van der Waals surface area contributed by atoms with E-state index in [9.17, 15) is 0 Å². The number of aromatic nitrogens is 6. The zero-order valence-electron chi connectivity index (χ0n) is 18.1. The molecule has 34 heavy (non-hydrogen) atoms. The number of pyridine rings is 1. The number of hydrogen-bond acceptors (Lipinski definition) is 4. The maximum Gasteiger partial charge on any atom is 0.235 e. The van der Waals surface area contributed by atoms with Crippen molar-refractivity contribution in [1.29, 1.82) is 0 Å². The summed E-state index contributed by atoms with van der Waals surface area (Å²) < 4.78 is 4.33. The number of benzene rings is 3. The number of hydrogen-bond donors (Lipinski definition) is 0. The third-order valence-corrected chi connectivity index (χ3v) is 6.17. The van der Waals surface area contributed by atoms with Gasteiger partial charge in [-0.2, -0.15) is 0 Å². The second-order valence-corrected chi connectivity index (χ2v) is 8.07. The zero-order chi connectivity index (χ0) is 22.5. The van der Waals surface area contributed by atoms with Gasteiger partial charge in [-0.15, -0.1) is 0 Å². The Balaban J connectivity index is 1.66. The lowest BCUT2D eigenvalue weighted by Crippen LogP contribution is -2.02. The number of para-hydroxylation sites is 2. The lowest BCUT2D eigenvalue weighted by atomic mass is 10.1. The van der Waals surface area contributed by atoms with Crippen molar-refractivity contribution in [3.8, 4) is 23.0 Å². The summed E-state index contributed by atoms with van der Waals surface area (Å²) >= 11 is 0. The maximum atomic E-state index is 5.19. The summed E-state index contributed by atoms with van der Waals surface area (Å²) in [6.07, 6.45) is 7.07. The first-order valence-electron chi connectivity index (χ1n) is 11.1. The van der Waals surface area contributed by atoms with Crippen LogP contribution in [0.3, 0.4) is 0 Å². The molecule has 0 unspecified atom stereocenters. The van der Waals surface area contributed by atoms with Crippen molar-refractivity contribution in [2.75, 3.05) is 0 Å². The number of nitrogens with zero attached hydrogens (tertiary/aromatic N) is 6. The number of fused-ring (bicyclic) bond motifs is 5. The van der Waals surface area contributed by atoms with Crippen molar-refractivity contribution in [2.24, 2.45) is 0 Å².